The topological polar surface area (TPSA) is 87.4 Å². The third-order valence-corrected chi connectivity index (χ3v) is 3.97. The van der Waals surface area contributed by atoms with E-state index in [1.54, 1.807) is 12.1 Å². The summed E-state index contributed by atoms with van der Waals surface area (Å²) in [6, 6.07) is 7.49. The van der Waals surface area contributed by atoms with Crippen molar-refractivity contribution in [2.45, 2.75) is 6.61 Å². The Hall–Kier alpha value is -2.64. The summed E-state index contributed by atoms with van der Waals surface area (Å²) in [7, 11) is 1.48. The third-order valence-electron chi connectivity index (χ3n) is 3.46. The van der Waals surface area contributed by atoms with Gasteiger partial charge < -0.3 is 9.47 Å². The maximum absolute atomic E-state index is 11.0. The minimum absolute atomic E-state index is 0.0150. The van der Waals surface area contributed by atoms with Crippen molar-refractivity contribution in [1.29, 1.82) is 0 Å². The summed E-state index contributed by atoms with van der Waals surface area (Å²) in [6.07, 6.45) is 1.32. The molecule has 2 aromatic carbocycles. The first-order valence-corrected chi connectivity index (χ1v) is 7.79. The van der Waals surface area contributed by atoms with Crippen LogP contribution in [0.5, 0.6) is 11.6 Å². The number of nitro benzene ring substituents is 1. The van der Waals surface area contributed by atoms with Gasteiger partial charge in [0.2, 0.25) is 5.88 Å². The second kappa shape index (κ2) is 7.08. The molecule has 0 aliphatic rings. The highest BCUT2D eigenvalue weighted by molar-refractivity contribution is 6.38. The van der Waals surface area contributed by atoms with Gasteiger partial charge in [-0.15, -0.1) is 0 Å². The van der Waals surface area contributed by atoms with Crippen molar-refractivity contribution < 1.29 is 14.4 Å². The summed E-state index contributed by atoms with van der Waals surface area (Å²) in [6.45, 7) is 0.0150. The molecule has 0 aliphatic carbocycles. The van der Waals surface area contributed by atoms with Gasteiger partial charge in [0.05, 0.1) is 28.0 Å². The van der Waals surface area contributed by atoms with Crippen molar-refractivity contribution in [1.82, 2.24) is 9.97 Å². The number of hydrogen-bond donors (Lipinski definition) is 0. The molecule has 128 valence electrons. The lowest BCUT2D eigenvalue weighted by molar-refractivity contribution is -0.385. The van der Waals surface area contributed by atoms with Crippen molar-refractivity contribution in [3.05, 3.63) is 62.4 Å². The molecular formula is C16H11Cl2N3O4. The number of halogens is 2. The van der Waals surface area contributed by atoms with E-state index in [2.05, 4.69) is 9.97 Å². The standard InChI is InChI=1S/C16H11Cl2N3O4/c1-24-14-3-2-11(21(22)23)4-9(14)7-25-16-12-5-10(17)6-13(18)15(12)19-8-20-16/h2-6,8H,7H2,1H3. The van der Waals surface area contributed by atoms with Crippen molar-refractivity contribution in [2.75, 3.05) is 7.11 Å². The van der Waals surface area contributed by atoms with Crippen molar-refractivity contribution in [3.63, 3.8) is 0 Å². The fourth-order valence-electron chi connectivity index (χ4n) is 2.32. The van der Waals surface area contributed by atoms with Crippen LogP contribution in [0.1, 0.15) is 5.56 Å². The molecule has 0 N–H and O–H groups in total. The zero-order valence-corrected chi connectivity index (χ0v) is 14.4. The molecule has 9 heteroatoms. The molecule has 0 saturated carbocycles. The predicted molar refractivity (Wildman–Crippen MR) is 93.5 cm³/mol. The minimum atomic E-state index is -0.484. The van der Waals surface area contributed by atoms with Gasteiger partial charge in [-0.25, -0.2) is 9.97 Å². The first kappa shape index (κ1) is 17.2. The molecule has 3 rings (SSSR count). The van der Waals surface area contributed by atoms with Gasteiger partial charge in [0.1, 0.15) is 18.7 Å². The molecule has 3 aromatic rings. The Morgan fingerprint density at radius 3 is 2.72 bits per heavy atom. The molecule has 0 radical (unpaired) electrons. The Labute approximate surface area is 152 Å². The highest BCUT2D eigenvalue weighted by Gasteiger charge is 2.14. The molecule has 1 aromatic heterocycles. The highest BCUT2D eigenvalue weighted by Crippen LogP contribution is 2.32. The molecule has 7 nitrogen and oxygen atoms in total. The van der Waals surface area contributed by atoms with Crippen molar-refractivity contribution in [2.24, 2.45) is 0 Å². The van der Waals surface area contributed by atoms with Gasteiger partial charge in [0, 0.05) is 22.7 Å². The molecule has 0 amide bonds. The van der Waals surface area contributed by atoms with Crippen LogP contribution in [0.3, 0.4) is 0 Å². The fraction of sp³-hybridized carbons (Fsp3) is 0.125. The number of aromatic nitrogens is 2. The Kier molecular flexibility index (Phi) is 4.87. The van der Waals surface area contributed by atoms with Gasteiger partial charge >= 0.3 is 0 Å². The summed E-state index contributed by atoms with van der Waals surface area (Å²) >= 11 is 12.2. The van der Waals surface area contributed by atoms with E-state index in [4.69, 9.17) is 32.7 Å². The largest absolute Gasteiger partial charge is 0.496 e. The molecule has 0 saturated heterocycles. The Balaban J connectivity index is 1.96. The highest BCUT2D eigenvalue weighted by atomic mass is 35.5. The van der Waals surface area contributed by atoms with Crippen LogP contribution in [0.15, 0.2) is 36.7 Å². The fourth-order valence-corrected chi connectivity index (χ4v) is 2.86. The predicted octanol–water partition coefficient (Wildman–Crippen LogP) is 4.43. The Morgan fingerprint density at radius 2 is 2.00 bits per heavy atom. The molecule has 1 heterocycles. The van der Waals surface area contributed by atoms with Crippen molar-refractivity contribution >= 4 is 39.8 Å². The van der Waals surface area contributed by atoms with Crippen LogP contribution in [0.2, 0.25) is 10.0 Å². The quantitative estimate of drug-likeness (QED) is 0.481. The number of rotatable bonds is 5. The maximum atomic E-state index is 11.0. The summed E-state index contributed by atoms with van der Waals surface area (Å²) in [5, 5.41) is 12.3. The average Bonchev–Trinajstić information content (AvgIpc) is 2.59. The minimum Gasteiger partial charge on any atom is -0.496 e. The van der Waals surface area contributed by atoms with E-state index >= 15 is 0 Å². The van der Waals surface area contributed by atoms with Gasteiger partial charge in [-0.05, 0) is 18.2 Å². The zero-order chi connectivity index (χ0) is 18.0. The van der Waals surface area contributed by atoms with Crippen LogP contribution in [-0.4, -0.2) is 22.0 Å². The van der Waals surface area contributed by atoms with E-state index in [1.165, 1.54) is 31.6 Å². The van der Waals surface area contributed by atoms with Gasteiger partial charge in [0.15, 0.2) is 0 Å². The maximum Gasteiger partial charge on any atom is 0.270 e. The SMILES string of the molecule is COc1ccc([N+](=O)[O-])cc1COc1ncnc2c(Cl)cc(Cl)cc12. The van der Waals surface area contributed by atoms with Crippen LogP contribution in [0.25, 0.3) is 10.9 Å². The molecule has 0 spiro atoms. The van der Waals surface area contributed by atoms with Gasteiger partial charge in [-0.3, -0.25) is 10.1 Å². The van der Waals surface area contributed by atoms with Gasteiger partial charge in [-0.1, -0.05) is 23.2 Å². The number of methoxy groups -OCH3 is 1. The van der Waals surface area contributed by atoms with Crippen LogP contribution in [-0.2, 0) is 6.61 Å². The second-order valence-corrected chi connectivity index (χ2v) is 5.85. The van der Waals surface area contributed by atoms with E-state index in [0.29, 0.717) is 32.3 Å². The van der Waals surface area contributed by atoms with E-state index < -0.39 is 4.92 Å². The number of nitro groups is 1. The first-order valence-electron chi connectivity index (χ1n) is 7.03. The van der Waals surface area contributed by atoms with Gasteiger partial charge in [-0.2, -0.15) is 0 Å². The van der Waals surface area contributed by atoms with Crippen LogP contribution in [0.4, 0.5) is 5.69 Å². The molecule has 25 heavy (non-hydrogen) atoms. The van der Waals surface area contributed by atoms with E-state index in [0.717, 1.165) is 0 Å². The van der Waals surface area contributed by atoms with E-state index in [9.17, 15) is 10.1 Å². The lowest BCUT2D eigenvalue weighted by Crippen LogP contribution is -2.02. The Bertz CT molecular complexity index is 966. The molecular weight excluding hydrogens is 369 g/mol. The average molecular weight is 380 g/mol. The van der Waals surface area contributed by atoms with Crippen LogP contribution in [0, 0.1) is 10.1 Å². The molecule has 0 atom stereocenters. The summed E-state index contributed by atoms with van der Waals surface area (Å²) < 4.78 is 10.9. The number of nitrogens with zero attached hydrogens (tertiary/aromatic N) is 3. The van der Waals surface area contributed by atoms with Crippen LogP contribution < -0.4 is 9.47 Å². The smallest absolute Gasteiger partial charge is 0.270 e. The molecule has 0 bridgehead atoms. The second-order valence-electron chi connectivity index (χ2n) is 5.00. The third kappa shape index (κ3) is 3.57. The summed E-state index contributed by atoms with van der Waals surface area (Å²) in [5.41, 5.74) is 0.955. The van der Waals surface area contributed by atoms with Crippen molar-refractivity contribution in [3.8, 4) is 11.6 Å². The van der Waals surface area contributed by atoms with E-state index in [1.807, 2.05) is 0 Å². The number of hydrogen-bond acceptors (Lipinski definition) is 6. The monoisotopic (exact) mass is 379 g/mol. The molecule has 0 aliphatic heterocycles. The lowest BCUT2D eigenvalue weighted by atomic mass is 10.2. The number of benzene rings is 2. The molecule has 0 fully saturated rings. The lowest BCUT2D eigenvalue weighted by Gasteiger charge is -2.11. The molecule has 0 unspecified atom stereocenters. The van der Waals surface area contributed by atoms with Gasteiger partial charge in [0.25, 0.3) is 5.69 Å². The summed E-state index contributed by atoms with van der Waals surface area (Å²) in [4.78, 5) is 18.7. The normalized spacial score (nSPS) is 10.7. The number of ether oxygens (including phenoxy) is 2. The number of non-ortho nitro benzene ring substituents is 1. The number of fused-ring (bicyclic) bond motifs is 1. The summed E-state index contributed by atoms with van der Waals surface area (Å²) in [5.74, 6) is 0.739. The van der Waals surface area contributed by atoms with Crippen LogP contribution >= 0.6 is 23.2 Å². The van der Waals surface area contributed by atoms with E-state index in [-0.39, 0.29) is 18.2 Å². The Morgan fingerprint density at radius 1 is 1.20 bits per heavy atom. The first-order chi connectivity index (χ1) is 12.0. The zero-order valence-electron chi connectivity index (χ0n) is 12.9.